The Labute approximate surface area is 104 Å². The quantitative estimate of drug-likeness (QED) is 0.811. The van der Waals surface area contributed by atoms with Crippen LogP contribution in [-0.4, -0.2) is 33.0 Å². The van der Waals surface area contributed by atoms with E-state index in [2.05, 4.69) is 0 Å². The largest absolute Gasteiger partial charge is 0.497 e. The number of carbonyl (C=O) groups excluding carboxylic acids is 1. The molecule has 1 amide bonds. The molecule has 0 aromatic heterocycles. The van der Waals surface area contributed by atoms with E-state index in [0.717, 1.165) is 0 Å². The Hall–Kier alpha value is -2.42. The minimum Gasteiger partial charge on any atom is -0.497 e. The normalized spacial score (nSPS) is 18.2. The molecule has 0 bridgehead atoms. The van der Waals surface area contributed by atoms with Gasteiger partial charge in [0, 0.05) is 6.07 Å². The molecule has 1 aromatic rings. The van der Waals surface area contributed by atoms with Crippen LogP contribution in [0.2, 0.25) is 0 Å². The summed E-state index contributed by atoms with van der Waals surface area (Å²) in [6.07, 6.45) is -1.32. The van der Waals surface area contributed by atoms with Crippen molar-refractivity contribution >= 4 is 11.8 Å². The molecule has 6 nitrogen and oxygen atoms in total. The molecule has 1 atom stereocenters. The highest BCUT2D eigenvalue weighted by atomic mass is 16.6. The minimum absolute atomic E-state index is 0.179. The van der Waals surface area contributed by atoms with Gasteiger partial charge in [-0.05, 0) is 12.1 Å². The number of cyclic esters (lactones) is 1. The predicted octanol–water partition coefficient (Wildman–Crippen LogP) is 1.55. The van der Waals surface area contributed by atoms with Gasteiger partial charge in [0.15, 0.2) is 0 Å². The van der Waals surface area contributed by atoms with Crippen LogP contribution in [-0.2, 0) is 4.74 Å². The molecule has 0 saturated carbocycles. The smallest absolute Gasteiger partial charge is 0.415 e. The molecule has 94 valence electrons. The van der Waals surface area contributed by atoms with Crippen molar-refractivity contribution < 1.29 is 19.0 Å². The van der Waals surface area contributed by atoms with E-state index < -0.39 is 12.2 Å². The predicted molar refractivity (Wildman–Crippen MR) is 62.8 cm³/mol. The van der Waals surface area contributed by atoms with Gasteiger partial charge in [-0.2, -0.15) is 5.26 Å². The standard InChI is InChI=1S/C12H12N2O4/c1-16-8-3-4-11(17-2)10(5-8)14-7-9(6-13)18-12(14)15/h3-5,9H,7H2,1-2H3. The van der Waals surface area contributed by atoms with Crippen molar-refractivity contribution in [2.24, 2.45) is 0 Å². The Morgan fingerprint density at radius 3 is 2.78 bits per heavy atom. The van der Waals surface area contributed by atoms with E-state index in [-0.39, 0.29) is 6.54 Å². The first-order valence-corrected chi connectivity index (χ1v) is 5.29. The van der Waals surface area contributed by atoms with E-state index in [1.54, 1.807) is 18.2 Å². The van der Waals surface area contributed by atoms with Crippen molar-refractivity contribution in [1.82, 2.24) is 0 Å². The maximum atomic E-state index is 11.7. The number of carbonyl (C=O) groups is 1. The van der Waals surface area contributed by atoms with Crippen molar-refractivity contribution in [3.8, 4) is 17.6 Å². The molecule has 0 N–H and O–H groups in total. The molecular weight excluding hydrogens is 236 g/mol. The van der Waals surface area contributed by atoms with Crippen LogP contribution >= 0.6 is 0 Å². The highest BCUT2D eigenvalue weighted by molar-refractivity contribution is 5.92. The summed E-state index contributed by atoms with van der Waals surface area (Å²) in [6.45, 7) is 0.179. The molecule has 18 heavy (non-hydrogen) atoms. The lowest BCUT2D eigenvalue weighted by Crippen LogP contribution is -2.24. The third-order valence-electron chi connectivity index (χ3n) is 2.63. The van der Waals surface area contributed by atoms with Gasteiger partial charge in [-0.15, -0.1) is 0 Å². The second-order valence-electron chi connectivity index (χ2n) is 3.65. The molecule has 1 heterocycles. The Bertz CT molecular complexity index is 509. The number of nitriles is 1. The first-order valence-electron chi connectivity index (χ1n) is 5.29. The SMILES string of the molecule is COc1ccc(OC)c(N2CC(C#N)OC2=O)c1. The fraction of sp³-hybridized carbons (Fsp3) is 0.333. The molecule has 2 rings (SSSR count). The van der Waals surface area contributed by atoms with E-state index in [9.17, 15) is 4.79 Å². The Morgan fingerprint density at radius 2 is 2.22 bits per heavy atom. The van der Waals surface area contributed by atoms with E-state index in [0.29, 0.717) is 17.2 Å². The van der Waals surface area contributed by atoms with E-state index >= 15 is 0 Å². The number of hydrogen-bond donors (Lipinski definition) is 0. The maximum Gasteiger partial charge on any atom is 0.415 e. The highest BCUT2D eigenvalue weighted by Crippen LogP contribution is 2.34. The van der Waals surface area contributed by atoms with Gasteiger partial charge < -0.3 is 14.2 Å². The molecule has 1 saturated heterocycles. The van der Waals surface area contributed by atoms with Gasteiger partial charge in [0.2, 0.25) is 6.10 Å². The summed E-state index contributed by atoms with van der Waals surface area (Å²) in [5, 5.41) is 8.77. The Balaban J connectivity index is 2.38. The van der Waals surface area contributed by atoms with Crippen LogP contribution in [0.5, 0.6) is 11.5 Å². The van der Waals surface area contributed by atoms with Crippen LogP contribution in [0.25, 0.3) is 0 Å². The van der Waals surface area contributed by atoms with Gasteiger partial charge in [0.25, 0.3) is 0 Å². The van der Waals surface area contributed by atoms with Crippen molar-refractivity contribution in [2.75, 3.05) is 25.7 Å². The first kappa shape index (κ1) is 12.0. The van der Waals surface area contributed by atoms with Gasteiger partial charge in [-0.25, -0.2) is 4.79 Å². The monoisotopic (exact) mass is 248 g/mol. The summed E-state index contributed by atoms with van der Waals surface area (Å²) in [4.78, 5) is 13.0. The Kier molecular flexibility index (Phi) is 3.24. The molecule has 1 fully saturated rings. The molecule has 1 aromatic carbocycles. The van der Waals surface area contributed by atoms with Crippen molar-refractivity contribution in [1.29, 1.82) is 5.26 Å². The second kappa shape index (κ2) is 4.84. The minimum atomic E-state index is -0.756. The van der Waals surface area contributed by atoms with Crippen molar-refractivity contribution in [3.05, 3.63) is 18.2 Å². The average Bonchev–Trinajstić information content (AvgIpc) is 2.79. The van der Waals surface area contributed by atoms with Crippen LogP contribution in [0.1, 0.15) is 0 Å². The van der Waals surface area contributed by atoms with Crippen LogP contribution in [0.15, 0.2) is 18.2 Å². The number of amides is 1. The molecule has 1 aliphatic rings. The van der Waals surface area contributed by atoms with Gasteiger partial charge in [0.1, 0.15) is 17.6 Å². The van der Waals surface area contributed by atoms with Crippen molar-refractivity contribution in [3.63, 3.8) is 0 Å². The number of ether oxygens (including phenoxy) is 3. The molecule has 6 heteroatoms. The summed E-state index contributed by atoms with van der Waals surface area (Å²) in [6, 6.07) is 6.99. The van der Waals surface area contributed by atoms with E-state index in [4.69, 9.17) is 19.5 Å². The number of nitrogens with zero attached hydrogens (tertiary/aromatic N) is 2. The van der Waals surface area contributed by atoms with Gasteiger partial charge >= 0.3 is 6.09 Å². The first-order chi connectivity index (χ1) is 8.69. The fourth-order valence-electron chi connectivity index (χ4n) is 1.73. The number of methoxy groups -OCH3 is 2. The molecule has 0 radical (unpaired) electrons. The van der Waals surface area contributed by atoms with Crippen molar-refractivity contribution in [2.45, 2.75) is 6.10 Å². The third-order valence-corrected chi connectivity index (χ3v) is 2.63. The summed E-state index contributed by atoms with van der Waals surface area (Å²) in [7, 11) is 3.04. The highest BCUT2D eigenvalue weighted by Gasteiger charge is 2.34. The number of hydrogen-bond acceptors (Lipinski definition) is 5. The lowest BCUT2D eigenvalue weighted by Gasteiger charge is -2.17. The third kappa shape index (κ3) is 2.02. The maximum absolute atomic E-state index is 11.7. The lowest BCUT2D eigenvalue weighted by molar-refractivity contribution is 0.162. The van der Waals surface area contributed by atoms with Crippen LogP contribution < -0.4 is 14.4 Å². The van der Waals surface area contributed by atoms with E-state index in [1.165, 1.54) is 19.1 Å². The lowest BCUT2D eigenvalue weighted by atomic mass is 10.2. The van der Waals surface area contributed by atoms with Crippen LogP contribution in [0.4, 0.5) is 10.5 Å². The molecular formula is C12H12N2O4. The van der Waals surface area contributed by atoms with Gasteiger partial charge in [-0.1, -0.05) is 0 Å². The average molecular weight is 248 g/mol. The summed E-state index contributed by atoms with van der Waals surface area (Å²) in [5.41, 5.74) is 0.527. The molecule has 0 aliphatic carbocycles. The van der Waals surface area contributed by atoms with E-state index in [1.807, 2.05) is 6.07 Å². The molecule has 1 aliphatic heterocycles. The van der Waals surface area contributed by atoms with Crippen LogP contribution in [0, 0.1) is 11.3 Å². The number of anilines is 1. The summed E-state index contributed by atoms with van der Waals surface area (Å²) < 4.78 is 15.2. The summed E-state index contributed by atoms with van der Waals surface area (Å²) >= 11 is 0. The number of rotatable bonds is 3. The number of benzene rings is 1. The fourth-order valence-corrected chi connectivity index (χ4v) is 1.73. The van der Waals surface area contributed by atoms with Gasteiger partial charge in [-0.3, -0.25) is 4.90 Å². The zero-order chi connectivity index (χ0) is 13.1. The Morgan fingerprint density at radius 1 is 1.44 bits per heavy atom. The summed E-state index contributed by atoms with van der Waals surface area (Å²) in [5.74, 6) is 1.12. The molecule has 0 spiro atoms. The van der Waals surface area contributed by atoms with Gasteiger partial charge in [0.05, 0.1) is 26.5 Å². The van der Waals surface area contributed by atoms with Crippen LogP contribution in [0.3, 0.4) is 0 Å². The second-order valence-corrected chi connectivity index (χ2v) is 3.65. The zero-order valence-corrected chi connectivity index (χ0v) is 10.0. The zero-order valence-electron chi connectivity index (χ0n) is 10.0. The molecule has 1 unspecified atom stereocenters. The topological polar surface area (TPSA) is 71.8 Å².